The van der Waals surface area contributed by atoms with Crippen molar-refractivity contribution < 1.29 is 29.6 Å². The SMILES string of the molecule is C[C@]12CC[C@@H]3[C@H](CC[C@]4(O)C[C@@H](O)CC[C@@]34C(=O)O)[C@]1(Cl)CC[C@H]2C1=CC(=O)OC1. The van der Waals surface area contributed by atoms with Gasteiger partial charge in [-0.05, 0) is 80.1 Å². The topological polar surface area (TPSA) is 104 Å². The number of hydrogen-bond donors (Lipinski definition) is 3. The van der Waals surface area contributed by atoms with Crippen LogP contribution < -0.4 is 0 Å². The number of hydrogen-bond acceptors (Lipinski definition) is 5. The molecule has 6 nitrogen and oxygen atoms in total. The Morgan fingerprint density at radius 2 is 1.87 bits per heavy atom. The Labute approximate surface area is 181 Å². The number of aliphatic hydroxyl groups is 2. The summed E-state index contributed by atoms with van der Waals surface area (Å²) >= 11 is 7.49. The van der Waals surface area contributed by atoms with E-state index >= 15 is 0 Å². The summed E-state index contributed by atoms with van der Waals surface area (Å²) in [7, 11) is 0. The molecule has 0 amide bonds. The van der Waals surface area contributed by atoms with Crippen LogP contribution in [-0.2, 0) is 14.3 Å². The van der Waals surface area contributed by atoms with E-state index in [9.17, 15) is 24.9 Å². The van der Waals surface area contributed by atoms with Crippen molar-refractivity contribution in [1.29, 1.82) is 0 Å². The lowest BCUT2D eigenvalue weighted by molar-refractivity contribution is -0.232. The molecule has 4 aliphatic carbocycles. The highest BCUT2D eigenvalue weighted by molar-refractivity contribution is 6.25. The average molecular weight is 439 g/mol. The smallest absolute Gasteiger partial charge is 0.331 e. The van der Waals surface area contributed by atoms with Gasteiger partial charge in [-0.1, -0.05) is 6.92 Å². The highest BCUT2D eigenvalue weighted by Crippen LogP contribution is 2.72. The van der Waals surface area contributed by atoms with E-state index in [1.807, 2.05) is 0 Å². The van der Waals surface area contributed by atoms with Crippen LogP contribution in [0.1, 0.15) is 64.7 Å². The molecule has 5 rings (SSSR count). The maximum atomic E-state index is 12.7. The van der Waals surface area contributed by atoms with Crippen molar-refractivity contribution >= 4 is 23.5 Å². The quantitative estimate of drug-likeness (QED) is 0.452. The standard InChI is InChI=1S/C23H31ClO6/c1-20-6-3-16-17(23(20,24)9-5-15(20)13-10-18(26)30-12-13)4-7-21(29)11-14(25)2-8-22(16,21)19(27)28/h10,14-17,25,29H,2-9,11-12H2,1H3,(H,27,28)/t14-,15-,16+,17-,20+,21-,22-,23+/m0/s1. The minimum atomic E-state index is -1.38. The third-order valence-electron chi connectivity index (χ3n) is 9.85. The fourth-order valence-corrected chi connectivity index (χ4v) is 9.03. The van der Waals surface area contributed by atoms with Crippen molar-refractivity contribution in [3.63, 3.8) is 0 Å². The van der Waals surface area contributed by atoms with Gasteiger partial charge < -0.3 is 20.1 Å². The number of fused-ring (bicyclic) bond motifs is 5. The average Bonchev–Trinajstić information content (AvgIpc) is 3.21. The molecule has 166 valence electrons. The minimum absolute atomic E-state index is 0.00634. The van der Waals surface area contributed by atoms with Crippen LogP contribution in [0.4, 0.5) is 0 Å². The predicted molar refractivity (Wildman–Crippen MR) is 109 cm³/mol. The third kappa shape index (κ3) is 2.39. The number of cyclic esters (lactones) is 1. The van der Waals surface area contributed by atoms with E-state index in [4.69, 9.17) is 16.3 Å². The number of ether oxygens (including phenoxy) is 1. The van der Waals surface area contributed by atoms with E-state index in [1.54, 1.807) is 6.08 Å². The zero-order chi connectivity index (χ0) is 21.5. The first-order valence-electron chi connectivity index (χ1n) is 11.3. The second kappa shape index (κ2) is 6.46. The van der Waals surface area contributed by atoms with Crippen LogP contribution in [0.25, 0.3) is 0 Å². The molecule has 4 saturated carbocycles. The van der Waals surface area contributed by atoms with E-state index in [0.29, 0.717) is 38.7 Å². The van der Waals surface area contributed by atoms with Gasteiger partial charge in [-0.25, -0.2) is 4.79 Å². The van der Waals surface area contributed by atoms with Crippen LogP contribution >= 0.6 is 11.6 Å². The minimum Gasteiger partial charge on any atom is -0.481 e. The molecule has 8 atom stereocenters. The highest BCUT2D eigenvalue weighted by atomic mass is 35.5. The Kier molecular flexibility index (Phi) is 4.47. The van der Waals surface area contributed by atoms with E-state index in [0.717, 1.165) is 24.8 Å². The maximum absolute atomic E-state index is 12.7. The summed E-state index contributed by atoms with van der Waals surface area (Å²) in [5.74, 6) is -1.28. The summed E-state index contributed by atoms with van der Waals surface area (Å²) < 4.78 is 5.17. The number of carboxylic acid groups (broad SMARTS) is 1. The van der Waals surface area contributed by atoms with Crippen LogP contribution in [-0.4, -0.2) is 50.4 Å². The molecular weight excluding hydrogens is 408 g/mol. The van der Waals surface area contributed by atoms with Gasteiger partial charge in [0.05, 0.1) is 22.0 Å². The number of aliphatic hydroxyl groups excluding tert-OH is 1. The van der Waals surface area contributed by atoms with Gasteiger partial charge in [0, 0.05) is 12.5 Å². The molecule has 0 unspecified atom stereocenters. The number of esters is 1. The number of carbonyl (C=O) groups is 2. The van der Waals surface area contributed by atoms with Crippen molar-refractivity contribution in [3.8, 4) is 0 Å². The Balaban J connectivity index is 1.54. The van der Waals surface area contributed by atoms with Gasteiger partial charge in [-0.15, -0.1) is 11.6 Å². The third-order valence-corrected chi connectivity index (χ3v) is 10.8. The largest absolute Gasteiger partial charge is 0.481 e. The van der Waals surface area contributed by atoms with E-state index in [-0.39, 0.29) is 35.6 Å². The molecule has 1 aliphatic heterocycles. The normalized spacial score (nSPS) is 52.7. The molecule has 0 radical (unpaired) electrons. The molecule has 0 aromatic rings. The fraction of sp³-hybridized carbons (Fsp3) is 0.826. The number of alkyl halides is 1. The van der Waals surface area contributed by atoms with Gasteiger partial charge in [-0.3, -0.25) is 4.79 Å². The summed E-state index contributed by atoms with van der Waals surface area (Å²) in [6.45, 7) is 2.53. The molecule has 0 bridgehead atoms. The summed E-state index contributed by atoms with van der Waals surface area (Å²) in [6.07, 6.45) is 5.92. The molecule has 0 aromatic heterocycles. The van der Waals surface area contributed by atoms with Crippen molar-refractivity contribution in [2.24, 2.45) is 28.6 Å². The molecule has 7 heteroatoms. The molecule has 0 aromatic carbocycles. The molecule has 3 N–H and O–H groups in total. The lowest BCUT2D eigenvalue weighted by Crippen LogP contribution is -2.69. The lowest BCUT2D eigenvalue weighted by Gasteiger charge is -2.65. The van der Waals surface area contributed by atoms with Gasteiger partial charge in [0.15, 0.2) is 0 Å². The van der Waals surface area contributed by atoms with Crippen LogP contribution in [0.5, 0.6) is 0 Å². The second-order valence-electron chi connectivity index (χ2n) is 10.7. The molecule has 5 aliphatic rings. The van der Waals surface area contributed by atoms with Crippen molar-refractivity contribution in [3.05, 3.63) is 11.6 Å². The summed E-state index contributed by atoms with van der Waals surface area (Å²) in [6, 6.07) is 0. The monoisotopic (exact) mass is 438 g/mol. The Hall–Kier alpha value is -1.11. The van der Waals surface area contributed by atoms with Crippen molar-refractivity contribution in [1.82, 2.24) is 0 Å². The molecule has 30 heavy (non-hydrogen) atoms. The first-order valence-corrected chi connectivity index (χ1v) is 11.7. The molecular formula is C23H31ClO6. The maximum Gasteiger partial charge on any atom is 0.331 e. The van der Waals surface area contributed by atoms with E-state index < -0.39 is 28.0 Å². The summed E-state index contributed by atoms with van der Waals surface area (Å²) in [5.41, 5.74) is -1.85. The first kappa shape index (κ1) is 20.8. The Bertz CT molecular complexity index is 827. The van der Waals surface area contributed by atoms with E-state index in [1.165, 1.54) is 0 Å². The number of carboxylic acids is 1. The number of rotatable bonds is 2. The first-order chi connectivity index (χ1) is 14.1. The summed E-state index contributed by atoms with van der Waals surface area (Å²) in [4.78, 5) is 23.8. The lowest BCUT2D eigenvalue weighted by atomic mass is 9.42. The van der Waals surface area contributed by atoms with Gasteiger partial charge in [0.25, 0.3) is 0 Å². The zero-order valence-corrected chi connectivity index (χ0v) is 18.2. The van der Waals surface area contributed by atoms with Crippen molar-refractivity contribution in [2.75, 3.05) is 6.61 Å². The van der Waals surface area contributed by atoms with Gasteiger partial charge in [0.1, 0.15) is 6.61 Å². The van der Waals surface area contributed by atoms with Crippen molar-refractivity contribution in [2.45, 2.75) is 81.3 Å². The van der Waals surface area contributed by atoms with Gasteiger partial charge in [0.2, 0.25) is 0 Å². The number of aliphatic carboxylic acids is 1. The van der Waals surface area contributed by atoms with Crippen LogP contribution in [0.3, 0.4) is 0 Å². The van der Waals surface area contributed by atoms with Crippen LogP contribution in [0.15, 0.2) is 11.6 Å². The van der Waals surface area contributed by atoms with Crippen LogP contribution in [0.2, 0.25) is 0 Å². The number of halogens is 1. The molecule has 4 fully saturated rings. The summed E-state index contributed by atoms with van der Waals surface area (Å²) in [5, 5.41) is 32.1. The van der Waals surface area contributed by atoms with Gasteiger partial charge in [-0.2, -0.15) is 0 Å². The molecule has 1 heterocycles. The Morgan fingerprint density at radius 1 is 1.13 bits per heavy atom. The zero-order valence-electron chi connectivity index (χ0n) is 17.4. The van der Waals surface area contributed by atoms with Gasteiger partial charge >= 0.3 is 11.9 Å². The predicted octanol–water partition coefficient (Wildman–Crippen LogP) is 3.03. The second-order valence-corrected chi connectivity index (χ2v) is 11.4. The number of carbonyl (C=O) groups excluding carboxylic acids is 1. The van der Waals surface area contributed by atoms with E-state index in [2.05, 4.69) is 6.92 Å². The molecule has 0 spiro atoms. The molecule has 0 saturated heterocycles. The Morgan fingerprint density at radius 3 is 2.53 bits per heavy atom. The van der Waals surface area contributed by atoms with Crippen LogP contribution in [0, 0.1) is 28.6 Å². The fourth-order valence-electron chi connectivity index (χ4n) is 8.43. The highest BCUT2D eigenvalue weighted by Gasteiger charge is 2.73.